The molecular formula is C13H21BrN2O2S. The maximum absolute atomic E-state index is 11.3. The molecule has 0 aliphatic rings. The fraction of sp³-hybridized carbons (Fsp3) is 0.538. The zero-order valence-electron chi connectivity index (χ0n) is 11.5. The number of rotatable bonds is 6. The van der Waals surface area contributed by atoms with Gasteiger partial charge in [0.2, 0.25) is 0 Å². The van der Waals surface area contributed by atoms with Gasteiger partial charge in [-0.25, -0.2) is 8.42 Å². The third-order valence-electron chi connectivity index (χ3n) is 2.98. The molecule has 2 atom stereocenters. The summed E-state index contributed by atoms with van der Waals surface area (Å²) in [4.78, 5) is 1.99. The molecule has 0 fully saturated rings. The number of sulfone groups is 1. The highest BCUT2D eigenvalue weighted by molar-refractivity contribution is 9.10. The molecule has 0 saturated carbocycles. The van der Waals surface area contributed by atoms with Gasteiger partial charge in [0.1, 0.15) is 9.84 Å². The van der Waals surface area contributed by atoms with Crippen molar-refractivity contribution in [2.45, 2.75) is 19.0 Å². The van der Waals surface area contributed by atoms with E-state index in [1.165, 1.54) is 6.26 Å². The van der Waals surface area contributed by atoms with E-state index in [4.69, 9.17) is 5.73 Å². The lowest BCUT2D eigenvalue weighted by atomic mass is 10.00. The number of likely N-dealkylation sites (N-methyl/N-ethyl adjacent to an activating group) is 1. The summed E-state index contributed by atoms with van der Waals surface area (Å²) in [6, 6.07) is 7.86. The Morgan fingerprint density at radius 1 is 1.42 bits per heavy atom. The number of nitrogens with two attached hydrogens (primary N) is 1. The molecule has 0 aliphatic heterocycles. The molecular weight excluding hydrogens is 328 g/mol. The van der Waals surface area contributed by atoms with Crippen LogP contribution in [-0.2, 0) is 9.84 Å². The second-order valence-corrected chi connectivity index (χ2v) is 8.14. The maximum atomic E-state index is 11.3. The summed E-state index contributed by atoms with van der Waals surface area (Å²) in [6.45, 7) is 2.40. The molecule has 0 amide bonds. The molecule has 4 nitrogen and oxygen atoms in total. The Kier molecular flexibility index (Phi) is 5.98. The SMILES string of the molecule is CC(N)C(c1cccc(Br)c1)N(C)CCS(C)(=O)=O. The zero-order valence-corrected chi connectivity index (χ0v) is 13.9. The van der Waals surface area contributed by atoms with Crippen LogP contribution in [0.3, 0.4) is 0 Å². The van der Waals surface area contributed by atoms with Crippen LogP contribution in [-0.4, -0.2) is 45.0 Å². The van der Waals surface area contributed by atoms with E-state index < -0.39 is 9.84 Å². The summed E-state index contributed by atoms with van der Waals surface area (Å²) in [6.07, 6.45) is 1.25. The Morgan fingerprint density at radius 3 is 2.53 bits per heavy atom. The molecule has 0 spiro atoms. The van der Waals surface area contributed by atoms with Gasteiger partial charge in [-0.15, -0.1) is 0 Å². The fourth-order valence-electron chi connectivity index (χ4n) is 2.10. The molecule has 0 aromatic heterocycles. The van der Waals surface area contributed by atoms with Crippen LogP contribution in [0.15, 0.2) is 28.7 Å². The van der Waals surface area contributed by atoms with Crippen LogP contribution in [0.1, 0.15) is 18.5 Å². The van der Waals surface area contributed by atoms with Gasteiger partial charge in [-0.3, -0.25) is 4.90 Å². The average Bonchev–Trinajstić information content (AvgIpc) is 2.25. The minimum absolute atomic E-state index is 0.000694. The van der Waals surface area contributed by atoms with Crippen LogP contribution in [0.5, 0.6) is 0 Å². The number of hydrogen-bond donors (Lipinski definition) is 1. The van der Waals surface area contributed by atoms with Gasteiger partial charge in [0.15, 0.2) is 0 Å². The maximum Gasteiger partial charge on any atom is 0.148 e. The number of benzene rings is 1. The van der Waals surface area contributed by atoms with Crippen LogP contribution >= 0.6 is 15.9 Å². The second-order valence-electron chi connectivity index (χ2n) is 4.97. The van der Waals surface area contributed by atoms with E-state index in [1.54, 1.807) is 0 Å². The zero-order chi connectivity index (χ0) is 14.6. The molecule has 19 heavy (non-hydrogen) atoms. The molecule has 1 aromatic carbocycles. The van der Waals surface area contributed by atoms with Gasteiger partial charge in [-0.05, 0) is 31.7 Å². The van der Waals surface area contributed by atoms with Gasteiger partial charge in [0, 0.05) is 29.4 Å². The van der Waals surface area contributed by atoms with Crippen LogP contribution < -0.4 is 5.73 Å². The van der Waals surface area contributed by atoms with Crippen molar-refractivity contribution in [1.29, 1.82) is 0 Å². The van der Waals surface area contributed by atoms with Crippen molar-refractivity contribution in [2.24, 2.45) is 5.73 Å². The Morgan fingerprint density at radius 2 is 2.05 bits per heavy atom. The van der Waals surface area contributed by atoms with Gasteiger partial charge in [-0.1, -0.05) is 28.1 Å². The van der Waals surface area contributed by atoms with Gasteiger partial charge in [0.25, 0.3) is 0 Å². The quantitative estimate of drug-likeness (QED) is 0.851. The highest BCUT2D eigenvalue weighted by Gasteiger charge is 2.22. The Bertz CT molecular complexity index is 517. The van der Waals surface area contributed by atoms with Crippen LogP contribution in [0.25, 0.3) is 0 Å². The van der Waals surface area contributed by atoms with Gasteiger partial charge in [-0.2, -0.15) is 0 Å². The normalized spacial score (nSPS) is 15.5. The second kappa shape index (κ2) is 6.83. The Balaban J connectivity index is 2.89. The third-order valence-corrected chi connectivity index (χ3v) is 4.40. The minimum Gasteiger partial charge on any atom is -0.326 e. The smallest absolute Gasteiger partial charge is 0.148 e. The number of hydrogen-bond acceptors (Lipinski definition) is 4. The number of halogens is 1. The summed E-state index contributed by atoms with van der Waals surface area (Å²) in [5.41, 5.74) is 7.14. The first kappa shape index (κ1) is 16.6. The van der Waals surface area contributed by atoms with E-state index in [0.29, 0.717) is 6.54 Å². The van der Waals surface area contributed by atoms with Crippen molar-refractivity contribution in [3.05, 3.63) is 34.3 Å². The van der Waals surface area contributed by atoms with Gasteiger partial charge >= 0.3 is 0 Å². The summed E-state index contributed by atoms with van der Waals surface area (Å²) in [5.74, 6) is 0.140. The molecule has 1 aromatic rings. The van der Waals surface area contributed by atoms with Crippen molar-refractivity contribution < 1.29 is 8.42 Å². The largest absolute Gasteiger partial charge is 0.326 e. The van der Waals surface area contributed by atoms with E-state index >= 15 is 0 Å². The highest BCUT2D eigenvalue weighted by Crippen LogP contribution is 2.24. The lowest BCUT2D eigenvalue weighted by Gasteiger charge is -2.31. The molecule has 2 unspecified atom stereocenters. The van der Waals surface area contributed by atoms with Crippen LogP contribution in [0, 0.1) is 0 Å². The molecule has 6 heteroatoms. The summed E-state index contributed by atoms with van der Waals surface area (Å²) >= 11 is 3.44. The topological polar surface area (TPSA) is 63.4 Å². The molecule has 0 radical (unpaired) electrons. The molecule has 0 aliphatic carbocycles. The van der Waals surface area contributed by atoms with Crippen molar-refractivity contribution in [3.8, 4) is 0 Å². The molecule has 108 valence electrons. The lowest BCUT2D eigenvalue weighted by molar-refractivity contribution is 0.231. The average molecular weight is 349 g/mol. The van der Waals surface area contributed by atoms with Crippen LogP contribution in [0.2, 0.25) is 0 Å². The van der Waals surface area contributed by atoms with Crippen molar-refractivity contribution in [1.82, 2.24) is 4.90 Å². The Labute approximate surface area is 124 Å². The van der Waals surface area contributed by atoms with Crippen molar-refractivity contribution in [2.75, 3.05) is 25.6 Å². The first-order valence-electron chi connectivity index (χ1n) is 6.09. The summed E-state index contributed by atoms with van der Waals surface area (Å²) < 4.78 is 23.5. The molecule has 0 bridgehead atoms. The van der Waals surface area contributed by atoms with Gasteiger partial charge < -0.3 is 5.73 Å². The summed E-state index contributed by atoms with van der Waals surface area (Å²) in [7, 11) is -1.06. The molecule has 0 heterocycles. The van der Waals surface area contributed by atoms with Crippen molar-refractivity contribution in [3.63, 3.8) is 0 Å². The van der Waals surface area contributed by atoms with E-state index in [1.807, 2.05) is 43.1 Å². The van der Waals surface area contributed by atoms with Crippen LogP contribution in [0.4, 0.5) is 0 Å². The van der Waals surface area contributed by atoms with Crippen molar-refractivity contribution >= 4 is 25.8 Å². The third kappa shape index (κ3) is 5.60. The standard InChI is InChI=1S/C13H21BrN2O2S/c1-10(15)13(11-5-4-6-12(14)9-11)16(2)7-8-19(3,17)18/h4-6,9-10,13H,7-8,15H2,1-3H3. The minimum atomic E-state index is -2.96. The monoisotopic (exact) mass is 348 g/mol. The molecule has 0 saturated heterocycles. The lowest BCUT2D eigenvalue weighted by Crippen LogP contribution is -2.39. The predicted octanol–water partition coefficient (Wildman–Crippen LogP) is 1.81. The Hall–Kier alpha value is -0.430. The number of nitrogens with zero attached hydrogens (tertiary/aromatic N) is 1. The predicted molar refractivity (Wildman–Crippen MR) is 82.9 cm³/mol. The highest BCUT2D eigenvalue weighted by atomic mass is 79.9. The fourth-order valence-corrected chi connectivity index (χ4v) is 3.14. The van der Waals surface area contributed by atoms with E-state index in [2.05, 4.69) is 15.9 Å². The van der Waals surface area contributed by atoms with E-state index in [0.717, 1.165) is 10.0 Å². The first-order chi connectivity index (χ1) is 8.70. The first-order valence-corrected chi connectivity index (χ1v) is 8.95. The summed E-state index contributed by atoms with van der Waals surface area (Å²) in [5, 5.41) is 0. The molecule has 2 N–H and O–H groups in total. The van der Waals surface area contributed by atoms with E-state index in [9.17, 15) is 8.42 Å². The molecule has 1 rings (SSSR count). The van der Waals surface area contributed by atoms with Gasteiger partial charge in [0.05, 0.1) is 5.75 Å². The van der Waals surface area contributed by atoms with E-state index in [-0.39, 0.29) is 17.8 Å².